The van der Waals surface area contributed by atoms with E-state index in [9.17, 15) is 27.6 Å². The molecule has 262 valence electrons. The van der Waals surface area contributed by atoms with Crippen molar-refractivity contribution in [2.24, 2.45) is 40.4 Å². The first-order valence-electron chi connectivity index (χ1n) is 17.4. The Morgan fingerprint density at radius 3 is 2.46 bits per heavy atom. The average molecular weight is 673 g/mol. The number of carbonyl (C=O) groups excluding carboxylic acids is 3. The van der Waals surface area contributed by atoms with Gasteiger partial charge in [0.25, 0.3) is 0 Å². The molecule has 0 saturated heterocycles. The van der Waals surface area contributed by atoms with Gasteiger partial charge in [-0.15, -0.1) is 0 Å². The molecule has 0 unspecified atom stereocenters. The van der Waals surface area contributed by atoms with Gasteiger partial charge in [-0.05, 0) is 105 Å². The summed E-state index contributed by atoms with van der Waals surface area (Å²) >= 11 is 0. The Morgan fingerprint density at radius 2 is 1.77 bits per heavy atom. The van der Waals surface area contributed by atoms with E-state index < -0.39 is 23.7 Å². The Balaban J connectivity index is 1.25. The lowest BCUT2D eigenvalue weighted by atomic mass is 9.45. The van der Waals surface area contributed by atoms with Gasteiger partial charge < -0.3 is 18.9 Å². The van der Waals surface area contributed by atoms with Crippen molar-refractivity contribution in [1.82, 2.24) is 0 Å². The monoisotopic (exact) mass is 672 g/mol. The smallest absolute Gasteiger partial charge is 0.490 e. The molecule has 3 fully saturated rings. The Labute approximate surface area is 280 Å². The second-order valence-corrected chi connectivity index (χ2v) is 15.3. The molecule has 0 aromatic heterocycles. The summed E-state index contributed by atoms with van der Waals surface area (Å²) in [6, 6.07) is 9.07. The molecule has 5 aliphatic rings. The van der Waals surface area contributed by atoms with Gasteiger partial charge in [-0.25, -0.2) is 9.59 Å². The Morgan fingerprint density at radius 1 is 1.04 bits per heavy atom. The third-order valence-corrected chi connectivity index (χ3v) is 12.5. The average Bonchev–Trinajstić information content (AvgIpc) is 3.52. The van der Waals surface area contributed by atoms with Crippen LogP contribution in [0.3, 0.4) is 0 Å². The number of esters is 3. The number of alkyl halides is 3. The number of rotatable bonds is 8. The molecule has 48 heavy (non-hydrogen) atoms. The molecule has 1 aliphatic heterocycles. The number of allylic oxidation sites excluding steroid dienone is 1. The lowest BCUT2D eigenvalue weighted by Gasteiger charge is -2.61. The fourth-order valence-electron chi connectivity index (χ4n) is 10.1. The van der Waals surface area contributed by atoms with Gasteiger partial charge in [0.1, 0.15) is 18.3 Å². The van der Waals surface area contributed by atoms with Crippen LogP contribution in [0.2, 0.25) is 0 Å². The molecule has 10 atom stereocenters. The van der Waals surface area contributed by atoms with Gasteiger partial charge in [0.2, 0.25) is 0 Å². The number of fused-ring (bicyclic) bond motifs is 7. The molecule has 0 amide bonds. The normalized spacial score (nSPS) is 36.0. The predicted octanol–water partition coefficient (Wildman–Crippen LogP) is 8.14. The van der Waals surface area contributed by atoms with Gasteiger partial charge in [-0.2, -0.15) is 13.2 Å². The molecular weight excluding hydrogens is 625 g/mol. The van der Waals surface area contributed by atoms with E-state index in [2.05, 4.69) is 31.6 Å². The summed E-state index contributed by atoms with van der Waals surface area (Å²) in [5.74, 6) is -1.24. The maximum Gasteiger partial charge on any atom is 0.490 e. The van der Waals surface area contributed by atoms with Crippen LogP contribution in [0, 0.1) is 40.4 Å². The van der Waals surface area contributed by atoms with Crippen LogP contribution in [0.1, 0.15) is 96.3 Å². The fraction of sp³-hybridized carbons (Fsp3) is 0.658. The first-order chi connectivity index (χ1) is 22.6. The van der Waals surface area contributed by atoms with Crippen LogP contribution >= 0.6 is 0 Å². The van der Waals surface area contributed by atoms with E-state index in [4.69, 9.17) is 14.2 Å². The molecule has 10 heteroatoms. The number of hydrogen-bond acceptors (Lipinski definition) is 7. The Kier molecular flexibility index (Phi) is 9.26. The topological polar surface area (TPSA) is 88.1 Å². The van der Waals surface area contributed by atoms with E-state index in [1.807, 2.05) is 18.2 Å². The van der Waals surface area contributed by atoms with E-state index in [1.165, 1.54) is 12.5 Å². The summed E-state index contributed by atoms with van der Waals surface area (Å²) in [5.41, 5.74) is 2.42. The van der Waals surface area contributed by atoms with Gasteiger partial charge in [0, 0.05) is 24.7 Å². The minimum atomic E-state index is -5.01. The molecule has 6 rings (SSSR count). The summed E-state index contributed by atoms with van der Waals surface area (Å²) in [4.78, 5) is 36.6. The first-order valence-corrected chi connectivity index (χ1v) is 17.4. The molecular formula is C38H47F3O7. The number of hydrogen-bond donors (Lipinski definition) is 0. The predicted molar refractivity (Wildman–Crippen MR) is 170 cm³/mol. The molecule has 1 aromatic rings. The molecule has 4 aliphatic carbocycles. The minimum absolute atomic E-state index is 0.0133. The number of benzene rings is 1. The Hall–Kier alpha value is -3.30. The minimum Gasteiger partial charge on any atom is -0.490 e. The van der Waals surface area contributed by atoms with Crippen molar-refractivity contribution in [2.45, 2.75) is 110 Å². The van der Waals surface area contributed by atoms with E-state index in [0.29, 0.717) is 36.2 Å². The first kappa shape index (κ1) is 34.6. The van der Waals surface area contributed by atoms with Crippen molar-refractivity contribution in [3.63, 3.8) is 0 Å². The van der Waals surface area contributed by atoms with Crippen molar-refractivity contribution in [1.29, 1.82) is 0 Å². The molecule has 1 aromatic carbocycles. The highest BCUT2D eigenvalue weighted by molar-refractivity contribution is 5.89. The molecule has 0 bridgehead atoms. The van der Waals surface area contributed by atoms with Gasteiger partial charge in [0.15, 0.2) is 0 Å². The van der Waals surface area contributed by atoms with Crippen molar-refractivity contribution >= 4 is 17.9 Å². The van der Waals surface area contributed by atoms with Crippen LogP contribution in [0.4, 0.5) is 13.2 Å². The number of ether oxygens (including phenoxy) is 4. The third kappa shape index (κ3) is 6.17. The maximum atomic E-state index is 13.7. The summed E-state index contributed by atoms with van der Waals surface area (Å²) in [6.07, 6.45) is 3.03. The van der Waals surface area contributed by atoms with Crippen molar-refractivity contribution in [3.05, 3.63) is 58.9 Å². The van der Waals surface area contributed by atoms with Crippen LogP contribution in [0.25, 0.3) is 0 Å². The van der Waals surface area contributed by atoms with Crippen LogP contribution in [0.5, 0.6) is 0 Å². The number of halogens is 3. The third-order valence-electron chi connectivity index (χ3n) is 12.5. The van der Waals surface area contributed by atoms with Crippen LogP contribution in [-0.4, -0.2) is 49.0 Å². The quantitative estimate of drug-likeness (QED) is 0.157. The van der Waals surface area contributed by atoms with Crippen LogP contribution < -0.4 is 0 Å². The highest BCUT2D eigenvalue weighted by Crippen LogP contribution is 2.68. The van der Waals surface area contributed by atoms with Gasteiger partial charge in [0.05, 0.1) is 17.9 Å². The van der Waals surface area contributed by atoms with E-state index >= 15 is 0 Å². The summed E-state index contributed by atoms with van der Waals surface area (Å²) < 4.78 is 61.1. The largest absolute Gasteiger partial charge is 0.490 e. The fourth-order valence-corrected chi connectivity index (χ4v) is 10.1. The standard InChI is InChI=1S/C38H47F3O7/c1-21(20-45-35(44)38(39,40)41)11-14-30-22(2)33-31(47-30)18-29-27-13-12-25-17-26(46-23(3)42)15-16-36(25,4)28(27)19-32(37(29,33)5)48-34(43)24-9-7-6-8-10-24/h6-10,18,21,25-28,31-33H,11-17,19-20H2,1-5H3/t21-,25+,26+,27-,28+,31+,32-,33+,36+,37-/m1/s1. The highest BCUT2D eigenvalue weighted by atomic mass is 19.4. The van der Waals surface area contributed by atoms with Crippen molar-refractivity contribution in [2.75, 3.05) is 6.61 Å². The van der Waals surface area contributed by atoms with Gasteiger partial charge >= 0.3 is 24.1 Å². The van der Waals surface area contributed by atoms with E-state index in [0.717, 1.165) is 49.9 Å². The zero-order chi connectivity index (χ0) is 34.6. The Bertz CT molecular complexity index is 1480. The second kappa shape index (κ2) is 12.9. The molecule has 0 spiro atoms. The SMILES string of the molecule is CC(=O)O[C@H]1CC[C@@]2(C)[C@@H](CC[C@H]3C4=C[C@@H]5OC(CC[C@@H](C)COC(=O)C(F)(F)F)=C(C)[C@@H]5[C@@]4(C)[C@H](OC(=O)c4ccccc4)C[C@@H]32)C1. The summed E-state index contributed by atoms with van der Waals surface area (Å²) in [5, 5.41) is 0. The van der Waals surface area contributed by atoms with Crippen molar-refractivity contribution in [3.8, 4) is 0 Å². The molecule has 7 nitrogen and oxygen atoms in total. The van der Waals surface area contributed by atoms with Gasteiger partial charge in [-0.1, -0.05) is 44.5 Å². The zero-order valence-corrected chi connectivity index (χ0v) is 28.4. The summed E-state index contributed by atoms with van der Waals surface area (Å²) in [7, 11) is 0. The highest BCUT2D eigenvalue weighted by Gasteiger charge is 2.65. The lowest BCUT2D eigenvalue weighted by Crippen LogP contribution is -2.57. The van der Waals surface area contributed by atoms with Crippen LogP contribution in [0.15, 0.2) is 53.3 Å². The lowest BCUT2D eigenvalue weighted by molar-refractivity contribution is -0.200. The maximum absolute atomic E-state index is 13.7. The number of carbonyl (C=O) groups is 3. The van der Waals surface area contributed by atoms with E-state index in [-0.39, 0.29) is 48.0 Å². The van der Waals surface area contributed by atoms with Crippen molar-refractivity contribution < 1.29 is 46.5 Å². The molecule has 0 radical (unpaired) electrons. The van der Waals surface area contributed by atoms with Gasteiger partial charge in [-0.3, -0.25) is 4.79 Å². The molecule has 1 heterocycles. The van der Waals surface area contributed by atoms with E-state index in [1.54, 1.807) is 19.1 Å². The van der Waals surface area contributed by atoms with Crippen LogP contribution in [-0.2, 0) is 28.5 Å². The zero-order valence-electron chi connectivity index (χ0n) is 28.4. The molecule has 3 saturated carbocycles. The second-order valence-electron chi connectivity index (χ2n) is 15.3. The molecule has 0 N–H and O–H groups in total. The summed E-state index contributed by atoms with van der Waals surface area (Å²) in [6.45, 7) is 9.59.